The molecule has 0 radical (unpaired) electrons. The zero-order valence-corrected chi connectivity index (χ0v) is 20.6. The van der Waals surface area contributed by atoms with Crippen LogP contribution in [0.2, 0.25) is 0 Å². The van der Waals surface area contributed by atoms with Gasteiger partial charge in [-0.2, -0.15) is 0 Å². The molecule has 0 aliphatic heterocycles. The molecule has 3 aromatic carbocycles. The molecule has 36 heavy (non-hydrogen) atoms. The molecule has 0 aliphatic rings. The van der Waals surface area contributed by atoms with Crippen LogP contribution in [0.3, 0.4) is 0 Å². The molecule has 3 aromatic rings. The number of rotatable bonds is 12. The second kappa shape index (κ2) is 13.7. The monoisotopic (exact) mass is 488 g/mol. The van der Waals surface area contributed by atoms with E-state index in [-0.39, 0.29) is 31.2 Å². The highest BCUT2D eigenvalue weighted by Gasteiger charge is 2.22. The van der Waals surface area contributed by atoms with Gasteiger partial charge in [-0.25, -0.2) is 4.79 Å². The fourth-order valence-corrected chi connectivity index (χ4v) is 3.67. The van der Waals surface area contributed by atoms with Crippen molar-refractivity contribution in [3.63, 3.8) is 0 Å². The van der Waals surface area contributed by atoms with E-state index >= 15 is 0 Å². The Labute approximate surface area is 211 Å². The van der Waals surface area contributed by atoms with Crippen molar-refractivity contribution < 1.29 is 23.9 Å². The van der Waals surface area contributed by atoms with Crippen LogP contribution in [0.25, 0.3) is 0 Å². The van der Waals surface area contributed by atoms with E-state index in [1.54, 1.807) is 0 Å². The fourth-order valence-electron chi connectivity index (χ4n) is 3.67. The van der Waals surface area contributed by atoms with Crippen LogP contribution in [-0.4, -0.2) is 30.9 Å². The maximum Gasteiger partial charge on any atom is 0.328 e. The van der Waals surface area contributed by atoms with E-state index in [0.717, 1.165) is 16.7 Å². The minimum Gasteiger partial charge on any atom is -0.489 e. The number of amides is 2. The van der Waals surface area contributed by atoms with Crippen molar-refractivity contribution in [1.82, 2.24) is 10.6 Å². The number of hydrogen-bond donors (Lipinski definition) is 2. The molecule has 0 bridgehead atoms. The minimum atomic E-state index is -0.857. The summed E-state index contributed by atoms with van der Waals surface area (Å²) in [7, 11) is 1.28. The first-order valence-corrected chi connectivity index (χ1v) is 11.9. The number of benzene rings is 3. The molecule has 3 rings (SSSR count). The van der Waals surface area contributed by atoms with E-state index in [0.29, 0.717) is 12.4 Å². The molecule has 2 N–H and O–H groups in total. The van der Waals surface area contributed by atoms with Crippen molar-refractivity contribution in [3.8, 4) is 5.75 Å². The van der Waals surface area contributed by atoms with Crippen molar-refractivity contribution >= 4 is 17.8 Å². The molecule has 0 heterocycles. The predicted molar refractivity (Wildman–Crippen MR) is 137 cm³/mol. The third kappa shape index (κ3) is 8.58. The SMILES string of the molecule is COC(=O)[C@@H](Cc1ccc(OCc2ccccc2)cc1)NC(=O)CCC(=O)N[C@H](C)c1ccccc1. The van der Waals surface area contributed by atoms with Gasteiger partial charge in [0, 0.05) is 19.3 Å². The van der Waals surface area contributed by atoms with Crippen molar-refractivity contribution in [2.75, 3.05) is 7.11 Å². The molecule has 0 saturated heterocycles. The third-order valence-electron chi connectivity index (χ3n) is 5.69. The first-order chi connectivity index (χ1) is 17.4. The molecule has 0 fully saturated rings. The summed E-state index contributed by atoms with van der Waals surface area (Å²) in [5, 5.41) is 5.58. The van der Waals surface area contributed by atoms with E-state index in [2.05, 4.69) is 10.6 Å². The Morgan fingerprint density at radius 1 is 0.750 bits per heavy atom. The topological polar surface area (TPSA) is 93.7 Å². The Kier molecular flexibility index (Phi) is 10.1. The molecule has 0 saturated carbocycles. The molecular weight excluding hydrogens is 456 g/mol. The highest BCUT2D eigenvalue weighted by molar-refractivity contribution is 5.87. The van der Waals surface area contributed by atoms with Gasteiger partial charge in [0.05, 0.1) is 13.2 Å². The number of carbonyl (C=O) groups is 3. The number of hydrogen-bond acceptors (Lipinski definition) is 5. The third-order valence-corrected chi connectivity index (χ3v) is 5.69. The first kappa shape index (κ1) is 26.5. The molecule has 7 heteroatoms. The summed E-state index contributed by atoms with van der Waals surface area (Å²) in [4.78, 5) is 37.0. The normalized spacial score (nSPS) is 12.2. The van der Waals surface area contributed by atoms with Crippen LogP contribution in [0.4, 0.5) is 0 Å². The average Bonchev–Trinajstić information content (AvgIpc) is 2.91. The second-order valence-corrected chi connectivity index (χ2v) is 8.47. The molecular formula is C29H32N2O5. The van der Waals surface area contributed by atoms with Gasteiger partial charge < -0.3 is 20.1 Å². The number of methoxy groups -OCH3 is 1. The summed E-state index contributed by atoms with van der Waals surface area (Å²) < 4.78 is 10.7. The van der Waals surface area contributed by atoms with Crippen LogP contribution >= 0.6 is 0 Å². The van der Waals surface area contributed by atoms with Crippen molar-refractivity contribution in [2.24, 2.45) is 0 Å². The van der Waals surface area contributed by atoms with Crippen LogP contribution in [0, 0.1) is 0 Å². The van der Waals surface area contributed by atoms with Gasteiger partial charge in [0.15, 0.2) is 0 Å². The molecule has 0 aliphatic carbocycles. The largest absolute Gasteiger partial charge is 0.489 e. The molecule has 2 atom stereocenters. The van der Waals surface area contributed by atoms with Crippen molar-refractivity contribution in [1.29, 1.82) is 0 Å². The maximum atomic E-state index is 12.5. The van der Waals surface area contributed by atoms with Gasteiger partial charge in [-0.1, -0.05) is 72.8 Å². The van der Waals surface area contributed by atoms with E-state index < -0.39 is 17.9 Å². The quantitative estimate of drug-likeness (QED) is 0.374. The van der Waals surface area contributed by atoms with Crippen LogP contribution < -0.4 is 15.4 Å². The van der Waals surface area contributed by atoms with Crippen LogP contribution in [-0.2, 0) is 32.1 Å². The van der Waals surface area contributed by atoms with Crippen molar-refractivity contribution in [3.05, 3.63) is 102 Å². The zero-order valence-electron chi connectivity index (χ0n) is 20.6. The lowest BCUT2D eigenvalue weighted by Gasteiger charge is -2.17. The summed E-state index contributed by atoms with van der Waals surface area (Å²) in [5.74, 6) is -0.468. The highest BCUT2D eigenvalue weighted by Crippen LogP contribution is 2.16. The lowest BCUT2D eigenvalue weighted by atomic mass is 10.1. The van der Waals surface area contributed by atoms with E-state index in [1.165, 1.54) is 7.11 Å². The molecule has 2 amide bonds. The lowest BCUT2D eigenvalue weighted by Crippen LogP contribution is -2.43. The first-order valence-electron chi connectivity index (χ1n) is 11.9. The van der Waals surface area contributed by atoms with Crippen LogP contribution in [0.15, 0.2) is 84.9 Å². The Hall–Kier alpha value is -4.13. The smallest absolute Gasteiger partial charge is 0.328 e. The van der Waals surface area contributed by atoms with Crippen molar-refractivity contribution in [2.45, 2.75) is 44.9 Å². The highest BCUT2D eigenvalue weighted by atomic mass is 16.5. The summed E-state index contributed by atoms with van der Waals surface area (Å²) in [5.41, 5.74) is 2.89. The summed E-state index contributed by atoms with van der Waals surface area (Å²) >= 11 is 0. The second-order valence-electron chi connectivity index (χ2n) is 8.47. The van der Waals surface area contributed by atoms with E-state index in [1.807, 2.05) is 91.9 Å². The number of ether oxygens (including phenoxy) is 2. The van der Waals surface area contributed by atoms with Crippen LogP contribution in [0.1, 0.15) is 42.5 Å². The van der Waals surface area contributed by atoms with Gasteiger partial charge in [0.2, 0.25) is 11.8 Å². The minimum absolute atomic E-state index is 0.0182. The van der Waals surface area contributed by atoms with Gasteiger partial charge in [-0.05, 0) is 35.7 Å². The van der Waals surface area contributed by atoms with Gasteiger partial charge in [0.1, 0.15) is 18.4 Å². The summed E-state index contributed by atoms with van der Waals surface area (Å²) in [6.45, 7) is 2.34. The Morgan fingerprint density at radius 3 is 1.94 bits per heavy atom. The molecule has 7 nitrogen and oxygen atoms in total. The summed E-state index contributed by atoms with van der Waals surface area (Å²) in [6.07, 6.45) is 0.242. The van der Waals surface area contributed by atoms with E-state index in [9.17, 15) is 14.4 Å². The Morgan fingerprint density at radius 2 is 1.33 bits per heavy atom. The van der Waals surface area contributed by atoms with E-state index in [4.69, 9.17) is 9.47 Å². The van der Waals surface area contributed by atoms with Gasteiger partial charge in [-0.3, -0.25) is 9.59 Å². The number of esters is 1. The number of nitrogens with one attached hydrogen (secondary N) is 2. The predicted octanol–water partition coefficient (Wildman–Crippen LogP) is 4.12. The van der Waals surface area contributed by atoms with Crippen LogP contribution in [0.5, 0.6) is 5.75 Å². The Balaban J connectivity index is 1.48. The molecule has 0 spiro atoms. The number of carbonyl (C=O) groups excluding carboxylic acids is 3. The molecule has 188 valence electrons. The lowest BCUT2D eigenvalue weighted by molar-refractivity contribution is -0.145. The van der Waals surface area contributed by atoms with Gasteiger partial charge in [-0.15, -0.1) is 0 Å². The molecule has 0 unspecified atom stereocenters. The van der Waals surface area contributed by atoms with Gasteiger partial charge in [0.25, 0.3) is 0 Å². The fraction of sp³-hybridized carbons (Fsp3) is 0.276. The average molecular weight is 489 g/mol. The summed E-state index contributed by atoms with van der Waals surface area (Å²) in [6, 6.07) is 25.8. The maximum absolute atomic E-state index is 12.5. The molecule has 0 aromatic heterocycles. The zero-order chi connectivity index (χ0) is 25.8. The standard InChI is InChI=1S/C29H32N2O5/c1-21(24-11-7-4-8-12-24)30-27(32)17-18-28(33)31-26(29(34)35-2)19-22-13-15-25(16-14-22)36-20-23-9-5-3-6-10-23/h3-16,21,26H,17-20H2,1-2H3,(H,30,32)(H,31,33)/t21-,26-/m1/s1. The Bertz CT molecular complexity index is 1120. The van der Waals surface area contributed by atoms with Gasteiger partial charge >= 0.3 is 5.97 Å².